The van der Waals surface area contributed by atoms with Crippen molar-refractivity contribution in [2.24, 2.45) is 0 Å². The lowest BCUT2D eigenvalue weighted by atomic mass is 10.1. The fourth-order valence-corrected chi connectivity index (χ4v) is 3.15. The third-order valence-electron chi connectivity index (χ3n) is 3.37. The van der Waals surface area contributed by atoms with Crippen LogP contribution in [-0.4, -0.2) is 16.8 Å². The number of nitrogens with one attached hydrogen (secondary N) is 2. The van der Waals surface area contributed by atoms with Gasteiger partial charge in [-0.2, -0.15) is 0 Å². The van der Waals surface area contributed by atoms with Crippen molar-refractivity contribution in [3.63, 3.8) is 0 Å². The number of amides is 2. The average molecular weight is 406 g/mol. The zero-order valence-electron chi connectivity index (χ0n) is 13.3. The molecule has 2 N–H and O–H groups in total. The summed E-state index contributed by atoms with van der Waals surface area (Å²) in [6.07, 6.45) is 0.241. The zero-order chi connectivity index (χ0) is 18.5. The van der Waals surface area contributed by atoms with Gasteiger partial charge in [0.25, 0.3) is 5.91 Å². The number of nitrogens with zero attached hydrogens (tertiary/aromatic N) is 1. The molecule has 132 valence electrons. The van der Waals surface area contributed by atoms with Crippen LogP contribution in [0.4, 0.5) is 10.8 Å². The standard InChI is InChI=1S/C18H13Cl2N3O2S/c19-13-7-6-12(9-14(13)20)21-17(25)15-10-26-18(22-15)23-16(24)8-11-4-2-1-3-5-11/h1-7,9-10H,8H2,(H,21,25)(H,22,23,24). The Bertz CT molecular complexity index is 945. The monoisotopic (exact) mass is 405 g/mol. The van der Waals surface area contributed by atoms with E-state index in [0.717, 1.165) is 5.56 Å². The molecule has 0 spiro atoms. The number of hydrogen-bond donors (Lipinski definition) is 2. The minimum absolute atomic E-state index is 0.193. The Hall–Kier alpha value is -2.41. The molecule has 0 aliphatic carbocycles. The molecule has 2 amide bonds. The van der Waals surface area contributed by atoms with Crippen LogP contribution in [0.3, 0.4) is 0 Å². The Balaban J connectivity index is 1.60. The number of anilines is 2. The lowest BCUT2D eigenvalue weighted by Crippen LogP contribution is -2.15. The first-order chi connectivity index (χ1) is 12.5. The smallest absolute Gasteiger partial charge is 0.275 e. The average Bonchev–Trinajstić information content (AvgIpc) is 3.07. The molecule has 0 unspecified atom stereocenters. The second-order valence-corrected chi connectivity index (χ2v) is 7.00. The highest BCUT2D eigenvalue weighted by Crippen LogP contribution is 2.25. The molecule has 3 rings (SSSR count). The molecule has 1 heterocycles. The molecule has 1 aromatic heterocycles. The summed E-state index contributed by atoms with van der Waals surface area (Å²) < 4.78 is 0. The van der Waals surface area contributed by atoms with Gasteiger partial charge < -0.3 is 10.6 Å². The van der Waals surface area contributed by atoms with Crippen LogP contribution in [0.1, 0.15) is 16.1 Å². The maximum absolute atomic E-state index is 12.2. The number of aromatic nitrogens is 1. The molecule has 0 fully saturated rings. The van der Waals surface area contributed by atoms with Gasteiger partial charge in [-0.1, -0.05) is 53.5 Å². The quantitative estimate of drug-likeness (QED) is 0.634. The van der Waals surface area contributed by atoms with E-state index in [1.54, 1.807) is 23.6 Å². The second-order valence-electron chi connectivity index (χ2n) is 5.33. The first-order valence-electron chi connectivity index (χ1n) is 7.57. The third-order valence-corrected chi connectivity index (χ3v) is 4.86. The van der Waals surface area contributed by atoms with Crippen LogP contribution in [0.2, 0.25) is 10.0 Å². The molecule has 0 bridgehead atoms. The van der Waals surface area contributed by atoms with E-state index in [-0.39, 0.29) is 18.0 Å². The number of rotatable bonds is 5. The van der Waals surface area contributed by atoms with E-state index in [9.17, 15) is 9.59 Å². The van der Waals surface area contributed by atoms with Crippen molar-refractivity contribution in [2.75, 3.05) is 10.6 Å². The van der Waals surface area contributed by atoms with Crippen LogP contribution in [-0.2, 0) is 11.2 Å². The maximum atomic E-state index is 12.2. The summed E-state index contributed by atoms with van der Waals surface area (Å²) in [6.45, 7) is 0. The molecule has 0 atom stereocenters. The first-order valence-corrected chi connectivity index (χ1v) is 9.20. The number of halogens is 2. The highest BCUT2D eigenvalue weighted by atomic mass is 35.5. The molecular formula is C18H13Cl2N3O2S. The van der Waals surface area contributed by atoms with Gasteiger partial charge in [-0.25, -0.2) is 4.98 Å². The molecule has 0 radical (unpaired) electrons. The van der Waals surface area contributed by atoms with Gasteiger partial charge in [0.15, 0.2) is 5.13 Å². The maximum Gasteiger partial charge on any atom is 0.275 e. The summed E-state index contributed by atoms with van der Waals surface area (Å²) >= 11 is 13.0. The van der Waals surface area contributed by atoms with Crippen molar-refractivity contribution in [1.82, 2.24) is 4.98 Å². The summed E-state index contributed by atoms with van der Waals surface area (Å²) in [5, 5.41) is 8.07. The summed E-state index contributed by atoms with van der Waals surface area (Å²) in [6, 6.07) is 14.2. The molecule has 0 saturated heterocycles. The van der Waals surface area contributed by atoms with Crippen molar-refractivity contribution in [1.29, 1.82) is 0 Å². The van der Waals surface area contributed by atoms with Crippen molar-refractivity contribution < 1.29 is 9.59 Å². The van der Waals surface area contributed by atoms with Crippen molar-refractivity contribution in [2.45, 2.75) is 6.42 Å². The summed E-state index contributed by atoms with van der Waals surface area (Å²) in [5.41, 5.74) is 1.61. The Labute approximate surface area is 164 Å². The van der Waals surface area contributed by atoms with Crippen LogP contribution in [0, 0.1) is 0 Å². The normalized spacial score (nSPS) is 10.4. The molecule has 0 aliphatic heterocycles. The van der Waals surface area contributed by atoms with Crippen LogP contribution in [0.15, 0.2) is 53.9 Å². The molecule has 2 aromatic carbocycles. The molecule has 0 aliphatic rings. The highest BCUT2D eigenvalue weighted by Gasteiger charge is 2.13. The molecule has 5 nitrogen and oxygen atoms in total. The van der Waals surface area contributed by atoms with Crippen LogP contribution >= 0.6 is 34.5 Å². The fraction of sp³-hybridized carbons (Fsp3) is 0.0556. The Morgan fingerprint density at radius 3 is 2.50 bits per heavy atom. The van der Waals surface area contributed by atoms with Crippen molar-refractivity contribution in [3.05, 3.63) is 75.2 Å². The topological polar surface area (TPSA) is 71.1 Å². The second kappa shape index (κ2) is 8.31. The number of benzene rings is 2. The predicted octanol–water partition coefficient (Wildman–Crippen LogP) is 4.88. The van der Waals surface area contributed by atoms with Gasteiger partial charge in [0.2, 0.25) is 5.91 Å². The number of carbonyl (C=O) groups is 2. The van der Waals surface area contributed by atoms with Gasteiger partial charge in [-0.3, -0.25) is 9.59 Å². The van der Waals surface area contributed by atoms with Gasteiger partial charge in [0, 0.05) is 11.1 Å². The van der Waals surface area contributed by atoms with Crippen molar-refractivity contribution >= 4 is 57.2 Å². The van der Waals surface area contributed by atoms with E-state index >= 15 is 0 Å². The number of thiazole rings is 1. The fourth-order valence-electron chi connectivity index (χ4n) is 2.15. The molecule has 3 aromatic rings. The minimum atomic E-state index is -0.400. The van der Waals surface area contributed by atoms with E-state index in [1.807, 2.05) is 30.3 Å². The zero-order valence-corrected chi connectivity index (χ0v) is 15.7. The third kappa shape index (κ3) is 4.82. The Kier molecular flexibility index (Phi) is 5.88. The molecule has 8 heteroatoms. The Morgan fingerprint density at radius 1 is 1.00 bits per heavy atom. The summed E-state index contributed by atoms with van der Waals surface area (Å²) in [7, 11) is 0. The first kappa shape index (κ1) is 18.4. The van der Waals surface area contributed by atoms with Gasteiger partial charge in [-0.05, 0) is 23.8 Å². The van der Waals surface area contributed by atoms with Crippen LogP contribution < -0.4 is 10.6 Å². The van der Waals surface area contributed by atoms with Crippen LogP contribution in [0.5, 0.6) is 0 Å². The minimum Gasteiger partial charge on any atom is -0.321 e. The van der Waals surface area contributed by atoms with E-state index < -0.39 is 5.91 Å². The van der Waals surface area contributed by atoms with Crippen molar-refractivity contribution in [3.8, 4) is 0 Å². The highest BCUT2D eigenvalue weighted by molar-refractivity contribution is 7.14. The van der Waals surface area contributed by atoms with Gasteiger partial charge in [0.05, 0.1) is 16.5 Å². The summed E-state index contributed by atoms with van der Waals surface area (Å²) in [5.74, 6) is -0.592. The van der Waals surface area contributed by atoms with E-state index in [4.69, 9.17) is 23.2 Å². The Morgan fingerprint density at radius 2 is 1.77 bits per heavy atom. The summed E-state index contributed by atoms with van der Waals surface area (Å²) in [4.78, 5) is 28.4. The molecule has 0 saturated carbocycles. The number of carbonyl (C=O) groups excluding carboxylic acids is 2. The lowest BCUT2D eigenvalue weighted by molar-refractivity contribution is -0.115. The molecular weight excluding hydrogens is 393 g/mol. The van der Waals surface area contributed by atoms with E-state index in [2.05, 4.69) is 15.6 Å². The SMILES string of the molecule is O=C(Cc1ccccc1)Nc1nc(C(=O)Nc2ccc(Cl)c(Cl)c2)cs1. The van der Waals surface area contributed by atoms with Gasteiger partial charge in [0.1, 0.15) is 5.69 Å². The van der Waals surface area contributed by atoms with Gasteiger partial charge in [-0.15, -0.1) is 11.3 Å². The molecule has 26 heavy (non-hydrogen) atoms. The number of hydrogen-bond acceptors (Lipinski definition) is 4. The van der Waals surface area contributed by atoms with Crippen LogP contribution in [0.25, 0.3) is 0 Å². The van der Waals surface area contributed by atoms with E-state index in [0.29, 0.717) is 20.9 Å². The predicted molar refractivity (Wildman–Crippen MR) is 105 cm³/mol. The lowest BCUT2D eigenvalue weighted by Gasteiger charge is -2.04. The van der Waals surface area contributed by atoms with E-state index in [1.165, 1.54) is 11.3 Å². The largest absolute Gasteiger partial charge is 0.321 e. The van der Waals surface area contributed by atoms with Gasteiger partial charge >= 0.3 is 0 Å².